The number of esters is 1. The number of anilines is 1. The summed E-state index contributed by atoms with van der Waals surface area (Å²) in [6.45, 7) is 1.83. The van der Waals surface area contributed by atoms with Gasteiger partial charge >= 0.3 is 5.97 Å². The van der Waals surface area contributed by atoms with Gasteiger partial charge in [-0.2, -0.15) is 0 Å². The molecule has 0 radical (unpaired) electrons. The Hall–Kier alpha value is -2.63. The standard InChI is InChI=1S/C19H22BNO4/c1-24-16(23)8-10-21-9-7-14-11-15(22)19(17(20)18(14)21)25-12-13-5-3-2-4-6-13/h2-6,11,22H,7-10,12,20H2,1H3. The van der Waals surface area contributed by atoms with Crippen molar-refractivity contribution in [1.29, 1.82) is 0 Å². The molecule has 2 aromatic carbocycles. The third-order valence-electron chi connectivity index (χ3n) is 4.55. The molecule has 2 aromatic rings. The van der Waals surface area contributed by atoms with E-state index in [4.69, 9.17) is 9.47 Å². The summed E-state index contributed by atoms with van der Waals surface area (Å²) in [6, 6.07) is 11.6. The molecule has 0 spiro atoms. The number of carbonyl (C=O) groups excluding carboxylic acids is 1. The second-order valence-electron chi connectivity index (χ2n) is 6.20. The van der Waals surface area contributed by atoms with Gasteiger partial charge in [-0.25, -0.2) is 0 Å². The summed E-state index contributed by atoms with van der Waals surface area (Å²) in [5, 5.41) is 10.4. The second kappa shape index (κ2) is 7.51. The number of carbonyl (C=O) groups is 1. The molecule has 25 heavy (non-hydrogen) atoms. The van der Waals surface area contributed by atoms with Crippen molar-refractivity contribution in [1.82, 2.24) is 0 Å². The maximum absolute atomic E-state index is 11.4. The molecule has 0 saturated carbocycles. The molecular formula is C19H22BNO4. The van der Waals surface area contributed by atoms with E-state index in [0.29, 0.717) is 25.3 Å². The lowest BCUT2D eigenvalue weighted by molar-refractivity contribution is -0.140. The Morgan fingerprint density at radius 2 is 2.08 bits per heavy atom. The molecule has 0 amide bonds. The van der Waals surface area contributed by atoms with E-state index in [9.17, 15) is 9.90 Å². The van der Waals surface area contributed by atoms with Crippen LogP contribution >= 0.6 is 0 Å². The molecule has 1 aliphatic heterocycles. The first-order valence-electron chi connectivity index (χ1n) is 8.44. The average molecular weight is 339 g/mol. The molecule has 0 bridgehead atoms. The normalized spacial score (nSPS) is 12.8. The van der Waals surface area contributed by atoms with Crippen LogP contribution in [0.4, 0.5) is 5.69 Å². The van der Waals surface area contributed by atoms with Gasteiger partial charge in [-0.1, -0.05) is 30.3 Å². The number of fused-ring (bicyclic) bond motifs is 1. The Morgan fingerprint density at radius 3 is 2.80 bits per heavy atom. The number of phenolic OH excluding ortho intramolecular Hbond substituents is 1. The molecule has 0 saturated heterocycles. The molecule has 3 rings (SSSR count). The number of aromatic hydroxyl groups is 1. The van der Waals surface area contributed by atoms with Gasteiger partial charge in [0.05, 0.1) is 13.5 Å². The molecule has 0 aromatic heterocycles. The van der Waals surface area contributed by atoms with Crippen LogP contribution in [0.1, 0.15) is 17.5 Å². The number of ether oxygens (including phenoxy) is 2. The van der Waals surface area contributed by atoms with E-state index < -0.39 is 0 Å². The van der Waals surface area contributed by atoms with Gasteiger partial charge in [0.15, 0.2) is 11.5 Å². The minimum Gasteiger partial charge on any atom is -0.504 e. The van der Waals surface area contributed by atoms with Gasteiger partial charge in [-0.3, -0.25) is 4.79 Å². The highest BCUT2D eigenvalue weighted by Crippen LogP contribution is 2.36. The molecule has 1 N–H and O–H groups in total. The topological polar surface area (TPSA) is 59.0 Å². The minimum atomic E-state index is -0.217. The number of phenols is 1. The molecule has 0 fully saturated rings. The van der Waals surface area contributed by atoms with Crippen LogP contribution in [0, 0.1) is 0 Å². The maximum Gasteiger partial charge on any atom is 0.307 e. The van der Waals surface area contributed by atoms with Crippen molar-refractivity contribution in [3.8, 4) is 11.5 Å². The highest BCUT2D eigenvalue weighted by molar-refractivity contribution is 6.38. The van der Waals surface area contributed by atoms with E-state index in [1.807, 2.05) is 38.2 Å². The molecule has 6 heteroatoms. The Bertz CT molecular complexity index is 764. The SMILES string of the molecule is Bc1c(OCc2ccccc2)c(O)cc2c1N(CCC(=O)OC)CC2. The van der Waals surface area contributed by atoms with Gasteiger partial charge < -0.3 is 19.5 Å². The quantitative estimate of drug-likeness (QED) is 0.632. The van der Waals surface area contributed by atoms with Crippen molar-refractivity contribution in [2.24, 2.45) is 0 Å². The molecule has 130 valence electrons. The third-order valence-corrected chi connectivity index (χ3v) is 4.55. The summed E-state index contributed by atoms with van der Waals surface area (Å²) in [4.78, 5) is 13.6. The largest absolute Gasteiger partial charge is 0.504 e. The van der Waals surface area contributed by atoms with Crippen LogP contribution in [-0.4, -0.2) is 39.1 Å². The molecule has 1 aliphatic rings. The predicted molar refractivity (Wildman–Crippen MR) is 99.6 cm³/mol. The van der Waals surface area contributed by atoms with Crippen molar-refractivity contribution < 1.29 is 19.4 Å². The van der Waals surface area contributed by atoms with Crippen molar-refractivity contribution in [3.05, 3.63) is 47.5 Å². The first-order valence-corrected chi connectivity index (χ1v) is 8.44. The lowest BCUT2D eigenvalue weighted by atomic mass is 9.89. The van der Waals surface area contributed by atoms with E-state index in [1.165, 1.54) is 7.11 Å². The predicted octanol–water partition coefficient (Wildman–Crippen LogP) is 1.16. The second-order valence-corrected chi connectivity index (χ2v) is 6.20. The van der Waals surface area contributed by atoms with Crippen molar-refractivity contribution in [3.63, 3.8) is 0 Å². The summed E-state index contributed by atoms with van der Waals surface area (Å²) >= 11 is 0. The highest BCUT2D eigenvalue weighted by atomic mass is 16.5. The Kier molecular flexibility index (Phi) is 5.17. The van der Waals surface area contributed by atoms with E-state index >= 15 is 0 Å². The number of hydrogen-bond donors (Lipinski definition) is 1. The fraction of sp³-hybridized carbons (Fsp3) is 0.316. The average Bonchev–Trinajstić information content (AvgIpc) is 3.03. The van der Waals surface area contributed by atoms with Crippen LogP contribution in [0.3, 0.4) is 0 Å². The summed E-state index contributed by atoms with van der Waals surface area (Å²) in [5.41, 5.74) is 4.11. The fourth-order valence-corrected chi connectivity index (χ4v) is 3.30. The molecule has 0 atom stereocenters. The van der Waals surface area contributed by atoms with Crippen LogP contribution in [0.15, 0.2) is 36.4 Å². The third kappa shape index (κ3) is 3.73. The number of methoxy groups -OCH3 is 1. The van der Waals surface area contributed by atoms with Gasteiger partial charge in [-0.05, 0) is 29.1 Å². The van der Waals surface area contributed by atoms with Gasteiger partial charge in [0, 0.05) is 18.8 Å². The van der Waals surface area contributed by atoms with E-state index in [2.05, 4.69) is 4.90 Å². The van der Waals surface area contributed by atoms with Gasteiger partial charge in [-0.15, -0.1) is 0 Å². The van der Waals surface area contributed by atoms with Crippen LogP contribution < -0.4 is 15.1 Å². The maximum atomic E-state index is 11.4. The smallest absolute Gasteiger partial charge is 0.307 e. The lowest BCUT2D eigenvalue weighted by Crippen LogP contribution is -2.28. The summed E-state index contributed by atoms with van der Waals surface area (Å²) < 4.78 is 10.6. The monoisotopic (exact) mass is 339 g/mol. The van der Waals surface area contributed by atoms with E-state index in [1.54, 1.807) is 6.07 Å². The lowest BCUT2D eigenvalue weighted by Gasteiger charge is -2.23. The first kappa shape index (κ1) is 17.2. The summed E-state index contributed by atoms with van der Waals surface area (Å²) in [7, 11) is 3.36. The minimum absolute atomic E-state index is 0.169. The van der Waals surface area contributed by atoms with Crippen LogP contribution in [-0.2, 0) is 22.6 Å². The zero-order valence-electron chi connectivity index (χ0n) is 14.6. The number of hydrogen-bond acceptors (Lipinski definition) is 5. The number of rotatable bonds is 6. The molecule has 1 heterocycles. The van der Waals surface area contributed by atoms with Gasteiger partial charge in [0.25, 0.3) is 0 Å². The van der Waals surface area contributed by atoms with E-state index in [0.717, 1.165) is 35.2 Å². The number of nitrogens with zero attached hydrogens (tertiary/aromatic N) is 1. The van der Waals surface area contributed by atoms with Crippen molar-refractivity contribution >= 4 is 25.0 Å². The molecule has 5 nitrogen and oxygen atoms in total. The number of benzene rings is 2. The first-order chi connectivity index (χ1) is 12.1. The summed E-state index contributed by atoms with van der Waals surface area (Å²) in [6.07, 6.45) is 1.19. The Labute approximate surface area is 148 Å². The molecule has 0 unspecified atom stereocenters. The zero-order valence-corrected chi connectivity index (χ0v) is 14.6. The highest BCUT2D eigenvalue weighted by Gasteiger charge is 2.25. The Morgan fingerprint density at radius 1 is 1.32 bits per heavy atom. The van der Waals surface area contributed by atoms with Crippen molar-refractivity contribution in [2.45, 2.75) is 19.4 Å². The fourth-order valence-electron chi connectivity index (χ4n) is 3.30. The summed E-state index contributed by atoms with van der Waals surface area (Å²) in [5.74, 6) is 0.458. The van der Waals surface area contributed by atoms with Crippen molar-refractivity contribution in [2.75, 3.05) is 25.1 Å². The molecule has 0 aliphatic carbocycles. The molecular weight excluding hydrogens is 317 g/mol. The van der Waals surface area contributed by atoms with Crippen LogP contribution in [0.25, 0.3) is 0 Å². The van der Waals surface area contributed by atoms with E-state index in [-0.39, 0.29) is 11.7 Å². The van der Waals surface area contributed by atoms with Gasteiger partial charge in [0.2, 0.25) is 0 Å². The Balaban J connectivity index is 1.80. The van der Waals surface area contributed by atoms with Crippen LogP contribution in [0.5, 0.6) is 11.5 Å². The van der Waals surface area contributed by atoms with Crippen LogP contribution in [0.2, 0.25) is 0 Å². The zero-order chi connectivity index (χ0) is 17.8. The van der Waals surface area contributed by atoms with Gasteiger partial charge in [0.1, 0.15) is 14.5 Å².